The third-order valence-corrected chi connectivity index (χ3v) is 4.19. The van der Waals surface area contributed by atoms with Crippen molar-refractivity contribution >= 4 is 23.1 Å². The molecule has 1 saturated heterocycles. The zero-order valence-electron chi connectivity index (χ0n) is 15.7. The molecule has 2 N–H and O–H groups in total. The number of methoxy groups -OCH3 is 1. The van der Waals surface area contributed by atoms with E-state index in [0.29, 0.717) is 43.7 Å². The molecule has 2 aromatic rings. The van der Waals surface area contributed by atoms with E-state index in [9.17, 15) is 4.79 Å². The van der Waals surface area contributed by atoms with E-state index in [0.717, 1.165) is 24.5 Å². The van der Waals surface area contributed by atoms with Crippen molar-refractivity contribution in [3.8, 4) is 0 Å². The molecule has 2 heterocycles. The molecule has 0 bridgehead atoms. The van der Waals surface area contributed by atoms with Gasteiger partial charge >= 0.3 is 0 Å². The molecular weight excluding hydrogens is 346 g/mol. The van der Waals surface area contributed by atoms with E-state index in [2.05, 4.69) is 25.5 Å². The molecule has 0 atom stereocenters. The monoisotopic (exact) mass is 371 g/mol. The molecule has 0 saturated carbocycles. The highest BCUT2D eigenvalue weighted by Gasteiger charge is 2.17. The Morgan fingerprint density at radius 3 is 2.81 bits per heavy atom. The highest BCUT2D eigenvalue weighted by molar-refractivity contribution is 6.05. The SMILES string of the molecule is COCCNc1cc(C(=O)Nc2ccccc2N2CCOCC2)nc(C)n1. The largest absolute Gasteiger partial charge is 0.383 e. The number of anilines is 3. The Balaban J connectivity index is 1.75. The minimum absolute atomic E-state index is 0.268. The minimum Gasteiger partial charge on any atom is -0.383 e. The molecule has 27 heavy (non-hydrogen) atoms. The Bertz CT molecular complexity index is 778. The van der Waals surface area contributed by atoms with Crippen molar-refractivity contribution in [2.24, 2.45) is 0 Å². The highest BCUT2D eigenvalue weighted by atomic mass is 16.5. The lowest BCUT2D eigenvalue weighted by atomic mass is 10.2. The molecule has 8 heteroatoms. The van der Waals surface area contributed by atoms with Gasteiger partial charge in [-0.3, -0.25) is 4.79 Å². The van der Waals surface area contributed by atoms with Crippen LogP contribution in [0.15, 0.2) is 30.3 Å². The normalized spacial score (nSPS) is 14.1. The summed E-state index contributed by atoms with van der Waals surface area (Å²) >= 11 is 0. The number of nitrogens with zero attached hydrogens (tertiary/aromatic N) is 3. The molecule has 0 spiro atoms. The third-order valence-electron chi connectivity index (χ3n) is 4.19. The molecule has 3 rings (SSSR count). The van der Waals surface area contributed by atoms with Crippen LogP contribution in [0, 0.1) is 6.92 Å². The average molecular weight is 371 g/mol. The van der Waals surface area contributed by atoms with Gasteiger partial charge in [0.25, 0.3) is 5.91 Å². The van der Waals surface area contributed by atoms with Gasteiger partial charge in [0, 0.05) is 32.8 Å². The molecule has 0 unspecified atom stereocenters. The van der Waals surface area contributed by atoms with E-state index in [-0.39, 0.29) is 5.91 Å². The number of benzene rings is 1. The number of carbonyl (C=O) groups excluding carboxylic acids is 1. The van der Waals surface area contributed by atoms with E-state index in [1.165, 1.54) is 0 Å². The summed E-state index contributed by atoms with van der Waals surface area (Å²) in [5.41, 5.74) is 2.06. The second-order valence-corrected chi connectivity index (χ2v) is 6.18. The van der Waals surface area contributed by atoms with Crippen molar-refractivity contribution in [3.63, 3.8) is 0 Å². The average Bonchev–Trinajstić information content (AvgIpc) is 2.69. The summed E-state index contributed by atoms with van der Waals surface area (Å²) in [6.45, 7) is 5.89. The molecule has 1 aliphatic heterocycles. The number of carbonyl (C=O) groups is 1. The van der Waals surface area contributed by atoms with E-state index in [4.69, 9.17) is 9.47 Å². The van der Waals surface area contributed by atoms with Gasteiger partial charge in [-0.15, -0.1) is 0 Å². The van der Waals surface area contributed by atoms with Crippen LogP contribution in [-0.2, 0) is 9.47 Å². The van der Waals surface area contributed by atoms with Gasteiger partial charge in [0.15, 0.2) is 0 Å². The zero-order valence-corrected chi connectivity index (χ0v) is 15.7. The molecule has 1 aliphatic rings. The summed E-state index contributed by atoms with van der Waals surface area (Å²) in [6, 6.07) is 9.42. The topological polar surface area (TPSA) is 88.6 Å². The van der Waals surface area contributed by atoms with Crippen LogP contribution < -0.4 is 15.5 Å². The Hall–Kier alpha value is -2.71. The minimum atomic E-state index is -0.268. The lowest BCUT2D eigenvalue weighted by molar-refractivity contribution is 0.102. The maximum Gasteiger partial charge on any atom is 0.274 e. The third kappa shape index (κ3) is 5.15. The first-order valence-corrected chi connectivity index (χ1v) is 8.99. The van der Waals surface area contributed by atoms with Crippen molar-refractivity contribution in [3.05, 3.63) is 41.9 Å². The smallest absolute Gasteiger partial charge is 0.274 e. The summed E-state index contributed by atoms with van der Waals surface area (Å²) in [6.07, 6.45) is 0. The number of ether oxygens (including phenoxy) is 2. The number of rotatable bonds is 7. The number of morpholine rings is 1. The molecule has 0 aliphatic carbocycles. The van der Waals surface area contributed by atoms with Crippen LogP contribution in [0.3, 0.4) is 0 Å². The lowest BCUT2D eigenvalue weighted by Gasteiger charge is -2.30. The second kappa shape index (κ2) is 9.29. The fourth-order valence-electron chi connectivity index (χ4n) is 2.90. The maximum atomic E-state index is 12.8. The Kier molecular flexibility index (Phi) is 6.56. The van der Waals surface area contributed by atoms with Gasteiger partial charge in [0.05, 0.1) is 31.2 Å². The predicted octanol–water partition coefficient (Wildman–Crippen LogP) is 1.93. The van der Waals surface area contributed by atoms with Crippen molar-refractivity contribution in [1.82, 2.24) is 9.97 Å². The van der Waals surface area contributed by atoms with Crippen LogP contribution in [-0.4, -0.2) is 62.4 Å². The molecule has 0 radical (unpaired) electrons. The molecule has 144 valence electrons. The Labute approximate surface area is 158 Å². The number of aromatic nitrogens is 2. The molecule has 1 aromatic carbocycles. The molecular formula is C19H25N5O3. The van der Waals surface area contributed by atoms with Gasteiger partial charge in [-0.05, 0) is 19.1 Å². The van der Waals surface area contributed by atoms with Gasteiger partial charge < -0.3 is 25.0 Å². The fourth-order valence-corrected chi connectivity index (χ4v) is 2.90. The van der Waals surface area contributed by atoms with Crippen LogP contribution in [0.4, 0.5) is 17.2 Å². The first-order valence-electron chi connectivity index (χ1n) is 8.99. The number of hydrogen-bond acceptors (Lipinski definition) is 7. The summed E-state index contributed by atoms with van der Waals surface area (Å²) < 4.78 is 10.4. The summed E-state index contributed by atoms with van der Waals surface area (Å²) in [5, 5.41) is 6.11. The van der Waals surface area contributed by atoms with E-state index in [1.807, 2.05) is 24.3 Å². The molecule has 1 amide bonds. The number of nitrogens with one attached hydrogen (secondary N) is 2. The summed E-state index contributed by atoms with van der Waals surface area (Å²) in [4.78, 5) is 23.6. The van der Waals surface area contributed by atoms with Gasteiger partial charge in [0.1, 0.15) is 17.3 Å². The lowest BCUT2D eigenvalue weighted by Crippen LogP contribution is -2.36. The van der Waals surface area contributed by atoms with Crippen LogP contribution in [0.5, 0.6) is 0 Å². The number of aryl methyl sites for hydroxylation is 1. The van der Waals surface area contributed by atoms with E-state index < -0.39 is 0 Å². The van der Waals surface area contributed by atoms with Crippen LogP contribution >= 0.6 is 0 Å². The number of amides is 1. The quantitative estimate of drug-likeness (QED) is 0.719. The van der Waals surface area contributed by atoms with E-state index in [1.54, 1.807) is 20.1 Å². The van der Waals surface area contributed by atoms with Crippen LogP contribution in [0.1, 0.15) is 16.3 Å². The van der Waals surface area contributed by atoms with Crippen molar-refractivity contribution < 1.29 is 14.3 Å². The van der Waals surface area contributed by atoms with Gasteiger partial charge in [-0.25, -0.2) is 9.97 Å². The molecule has 1 aromatic heterocycles. The predicted molar refractivity (Wildman–Crippen MR) is 105 cm³/mol. The van der Waals surface area contributed by atoms with Gasteiger partial charge in [-0.2, -0.15) is 0 Å². The Morgan fingerprint density at radius 2 is 2.04 bits per heavy atom. The first kappa shape index (κ1) is 19.1. The molecule has 1 fully saturated rings. The molecule has 8 nitrogen and oxygen atoms in total. The fraction of sp³-hybridized carbons (Fsp3) is 0.421. The van der Waals surface area contributed by atoms with Crippen molar-refractivity contribution in [2.75, 3.05) is 62.1 Å². The number of para-hydroxylation sites is 2. The van der Waals surface area contributed by atoms with E-state index >= 15 is 0 Å². The highest BCUT2D eigenvalue weighted by Crippen LogP contribution is 2.26. The first-order chi connectivity index (χ1) is 13.2. The van der Waals surface area contributed by atoms with Crippen molar-refractivity contribution in [1.29, 1.82) is 0 Å². The standard InChI is InChI=1S/C19H25N5O3/c1-14-21-16(13-18(22-14)20-7-10-26-2)19(25)23-15-5-3-4-6-17(15)24-8-11-27-12-9-24/h3-6,13H,7-12H2,1-2H3,(H,23,25)(H,20,21,22). The zero-order chi connectivity index (χ0) is 19.1. The van der Waals surface area contributed by atoms with Gasteiger partial charge in [-0.1, -0.05) is 12.1 Å². The number of hydrogen-bond donors (Lipinski definition) is 2. The maximum absolute atomic E-state index is 12.8. The van der Waals surface area contributed by atoms with Crippen LogP contribution in [0.25, 0.3) is 0 Å². The second-order valence-electron chi connectivity index (χ2n) is 6.18. The summed E-state index contributed by atoms with van der Waals surface area (Å²) in [7, 11) is 1.64. The van der Waals surface area contributed by atoms with Crippen molar-refractivity contribution in [2.45, 2.75) is 6.92 Å². The van der Waals surface area contributed by atoms with Gasteiger partial charge in [0.2, 0.25) is 0 Å². The summed E-state index contributed by atoms with van der Waals surface area (Å²) in [5.74, 6) is 0.867. The van der Waals surface area contributed by atoms with Crippen LogP contribution in [0.2, 0.25) is 0 Å². The Morgan fingerprint density at radius 1 is 1.26 bits per heavy atom.